The molecule has 1 fully saturated rings. The number of benzene rings is 1. The Bertz CT molecular complexity index is 482. The summed E-state index contributed by atoms with van der Waals surface area (Å²) in [6, 6.07) is 2.06. The first-order valence-electron chi connectivity index (χ1n) is 7.76. The van der Waals surface area contributed by atoms with Crippen LogP contribution in [0, 0.1) is 13.8 Å². The van der Waals surface area contributed by atoms with Crippen molar-refractivity contribution < 1.29 is 4.74 Å². The highest BCUT2D eigenvalue weighted by molar-refractivity contribution is 6.32. The first-order valence-corrected chi connectivity index (χ1v) is 8.14. The maximum absolute atomic E-state index is 6.38. The Kier molecular flexibility index (Phi) is 5.91. The van der Waals surface area contributed by atoms with E-state index in [9.17, 15) is 0 Å². The van der Waals surface area contributed by atoms with Crippen LogP contribution in [0.2, 0.25) is 5.02 Å². The van der Waals surface area contributed by atoms with E-state index in [1.807, 2.05) is 6.92 Å². The molecule has 0 spiro atoms. The molecule has 1 heterocycles. The van der Waals surface area contributed by atoms with Crippen LogP contribution in [0.3, 0.4) is 0 Å². The summed E-state index contributed by atoms with van der Waals surface area (Å²) >= 11 is 6.38. The highest BCUT2D eigenvalue weighted by atomic mass is 35.5. The Balaban J connectivity index is 1.95. The van der Waals surface area contributed by atoms with Crippen molar-refractivity contribution >= 4 is 11.6 Å². The average Bonchev–Trinajstić information content (AvgIpc) is 2.48. The molecular formula is C17H27ClN2O. The molecule has 0 amide bonds. The van der Waals surface area contributed by atoms with Crippen LogP contribution in [-0.4, -0.2) is 56.7 Å². The molecular weight excluding hydrogens is 284 g/mol. The molecule has 1 aromatic rings. The van der Waals surface area contributed by atoms with Crippen LogP contribution in [0.4, 0.5) is 0 Å². The largest absolute Gasteiger partial charge is 0.496 e. The molecule has 0 aromatic heterocycles. The molecule has 0 radical (unpaired) electrons. The lowest BCUT2D eigenvalue weighted by Crippen LogP contribution is -2.44. The molecule has 0 atom stereocenters. The minimum atomic E-state index is 0.880. The van der Waals surface area contributed by atoms with E-state index >= 15 is 0 Å². The van der Waals surface area contributed by atoms with Crippen LogP contribution in [-0.2, 0) is 6.42 Å². The minimum Gasteiger partial charge on any atom is -0.496 e. The lowest BCUT2D eigenvalue weighted by molar-refractivity contribution is 0.153. The molecule has 118 valence electrons. The third-order valence-electron chi connectivity index (χ3n) is 4.49. The Morgan fingerprint density at radius 3 is 2.48 bits per heavy atom. The van der Waals surface area contributed by atoms with E-state index < -0.39 is 0 Å². The SMILES string of the molecule is COc1cc(C)c(Cl)c(C)c1CCCN1CCN(C)CC1. The fraction of sp³-hybridized carbons (Fsp3) is 0.647. The number of piperazine rings is 1. The lowest BCUT2D eigenvalue weighted by Gasteiger charge is -2.32. The van der Waals surface area contributed by atoms with Crippen molar-refractivity contribution in [2.24, 2.45) is 0 Å². The molecule has 0 saturated carbocycles. The molecule has 0 N–H and O–H groups in total. The summed E-state index contributed by atoms with van der Waals surface area (Å²) in [5.74, 6) is 0.979. The van der Waals surface area contributed by atoms with Crippen LogP contribution < -0.4 is 4.74 Å². The molecule has 0 unspecified atom stereocenters. The summed E-state index contributed by atoms with van der Waals surface area (Å²) in [4.78, 5) is 4.95. The van der Waals surface area contributed by atoms with Gasteiger partial charge in [-0.1, -0.05) is 11.6 Å². The second-order valence-corrected chi connectivity index (χ2v) is 6.44. The fourth-order valence-electron chi connectivity index (χ4n) is 3.00. The second kappa shape index (κ2) is 7.48. The predicted octanol–water partition coefficient (Wildman–Crippen LogP) is 3.15. The summed E-state index contributed by atoms with van der Waals surface area (Å²) in [6.45, 7) is 10.0. The average molecular weight is 311 g/mol. The third-order valence-corrected chi connectivity index (χ3v) is 5.07. The topological polar surface area (TPSA) is 15.7 Å². The number of halogens is 1. The van der Waals surface area contributed by atoms with Crippen molar-refractivity contribution in [2.75, 3.05) is 46.9 Å². The standard InChI is InChI=1S/C17H27ClN2O/c1-13-12-16(21-4)15(14(2)17(13)18)6-5-7-20-10-8-19(3)9-11-20/h12H,5-11H2,1-4H3. The Morgan fingerprint density at radius 2 is 1.86 bits per heavy atom. The van der Waals surface area contributed by atoms with Crippen LogP contribution >= 0.6 is 11.6 Å². The van der Waals surface area contributed by atoms with Crippen molar-refractivity contribution in [3.05, 3.63) is 27.8 Å². The van der Waals surface area contributed by atoms with Gasteiger partial charge in [0.25, 0.3) is 0 Å². The molecule has 1 saturated heterocycles. The van der Waals surface area contributed by atoms with Crippen LogP contribution in [0.5, 0.6) is 5.75 Å². The third kappa shape index (κ3) is 4.12. The number of hydrogen-bond donors (Lipinski definition) is 0. The fourth-order valence-corrected chi connectivity index (χ4v) is 3.17. The molecule has 21 heavy (non-hydrogen) atoms. The summed E-state index contributed by atoms with van der Waals surface area (Å²) in [5, 5.41) is 0.880. The van der Waals surface area contributed by atoms with Gasteiger partial charge in [0.2, 0.25) is 0 Å². The number of hydrogen-bond acceptors (Lipinski definition) is 3. The van der Waals surface area contributed by atoms with E-state index in [1.54, 1.807) is 7.11 Å². The Labute approximate surface area is 133 Å². The van der Waals surface area contributed by atoms with Crippen molar-refractivity contribution in [1.29, 1.82) is 0 Å². The van der Waals surface area contributed by atoms with Crippen molar-refractivity contribution in [3.8, 4) is 5.75 Å². The van der Waals surface area contributed by atoms with Gasteiger partial charge in [0.15, 0.2) is 0 Å². The monoisotopic (exact) mass is 310 g/mol. The first kappa shape index (κ1) is 16.6. The van der Waals surface area contributed by atoms with Crippen molar-refractivity contribution in [3.63, 3.8) is 0 Å². The van der Waals surface area contributed by atoms with E-state index in [2.05, 4.69) is 29.8 Å². The van der Waals surface area contributed by atoms with Gasteiger partial charge in [-0.3, -0.25) is 0 Å². The Hall–Kier alpha value is -0.770. The maximum Gasteiger partial charge on any atom is 0.122 e. The number of likely N-dealkylation sites (N-methyl/N-ethyl adjacent to an activating group) is 1. The van der Waals surface area contributed by atoms with Gasteiger partial charge in [0, 0.05) is 31.2 Å². The van der Waals surface area contributed by atoms with Crippen molar-refractivity contribution in [2.45, 2.75) is 26.7 Å². The molecule has 4 heteroatoms. The van der Waals surface area contributed by atoms with Gasteiger partial charge in [-0.15, -0.1) is 0 Å². The zero-order valence-corrected chi connectivity index (χ0v) is 14.5. The van der Waals surface area contributed by atoms with E-state index in [4.69, 9.17) is 16.3 Å². The van der Waals surface area contributed by atoms with Gasteiger partial charge in [0.05, 0.1) is 7.11 Å². The molecule has 2 rings (SSSR count). The summed E-state index contributed by atoms with van der Waals surface area (Å²) in [5.41, 5.74) is 3.53. The number of nitrogens with zero attached hydrogens (tertiary/aromatic N) is 2. The highest BCUT2D eigenvalue weighted by Crippen LogP contribution is 2.32. The van der Waals surface area contributed by atoms with Gasteiger partial charge in [-0.25, -0.2) is 0 Å². The normalized spacial score (nSPS) is 17.2. The van der Waals surface area contributed by atoms with Crippen molar-refractivity contribution in [1.82, 2.24) is 9.80 Å². The van der Waals surface area contributed by atoms with Gasteiger partial charge >= 0.3 is 0 Å². The summed E-state index contributed by atoms with van der Waals surface area (Å²) in [7, 11) is 3.94. The van der Waals surface area contributed by atoms with Crippen LogP contribution in [0.1, 0.15) is 23.1 Å². The van der Waals surface area contributed by atoms with E-state index in [1.165, 1.54) is 37.3 Å². The number of aryl methyl sites for hydroxylation is 1. The number of ether oxygens (including phenoxy) is 1. The molecule has 1 aliphatic rings. The summed E-state index contributed by atoms with van der Waals surface area (Å²) < 4.78 is 5.54. The van der Waals surface area contributed by atoms with Gasteiger partial charge < -0.3 is 14.5 Å². The van der Waals surface area contributed by atoms with Crippen LogP contribution in [0.25, 0.3) is 0 Å². The van der Waals surface area contributed by atoms with Gasteiger partial charge in [-0.2, -0.15) is 0 Å². The quantitative estimate of drug-likeness (QED) is 0.831. The number of rotatable bonds is 5. The molecule has 3 nitrogen and oxygen atoms in total. The lowest BCUT2D eigenvalue weighted by atomic mass is 9.99. The smallest absolute Gasteiger partial charge is 0.122 e. The molecule has 1 aliphatic heterocycles. The van der Waals surface area contributed by atoms with E-state index in [-0.39, 0.29) is 0 Å². The summed E-state index contributed by atoms with van der Waals surface area (Å²) in [6.07, 6.45) is 2.18. The first-order chi connectivity index (χ1) is 10.0. The zero-order chi connectivity index (χ0) is 15.4. The Morgan fingerprint density at radius 1 is 1.19 bits per heavy atom. The molecule has 0 aliphatic carbocycles. The van der Waals surface area contributed by atoms with Gasteiger partial charge in [-0.05, 0) is 63.0 Å². The van der Waals surface area contributed by atoms with Crippen LogP contribution in [0.15, 0.2) is 6.07 Å². The molecule has 0 bridgehead atoms. The highest BCUT2D eigenvalue weighted by Gasteiger charge is 2.15. The predicted molar refractivity (Wildman–Crippen MR) is 89.7 cm³/mol. The van der Waals surface area contributed by atoms with E-state index in [0.717, 1.165) is 35.7 Å². The number of methoxy groups -OCH3 is 1. The van der Waals surface area contributed by atoms with E-state index in [0.29, 0.717) is 0 Å². The zero-order valence-electron chi connectivity index (χ0n) is 13.7. The molecule has 1 aromatic carbocycles. The maximum atomic E-state index is 6.38. The van der Waals surface area contributed by atoms with Gasteiger partial charge in [0.1, 0.15) is 5.75 Å². The second-order valence-electron chi connectivity index (χ2n) is 6.06. The minimum absolute atomic E-state index is 0.880.